The second kappa shape index (κ2) is 6.37. The minimum absolute atomic E-state index is 0.0122. The van der Waals surface area contributed by atoms with Crippen molar-refractivity contribution in [1.29, 1.82) is 0 Å². The average Bonchev–Trinajstić information content (AvgIpc) is 2.24. The number of primary amides is 1. The quantitative estimate of drug-likeness (QED) is 0.770. The summed E-state index contributed by atoms with van der Waals surface area (Å²) in [4.78, 5) is 21.5. The Labute approximate surface area is 98.7 Å². The highest BCUT2D eigenvalue weighted by molar-refractivity contribution is 5.70. The molecule has 1 aromatic rings. The van der Waals surface area contributed by atoms with Crippen molar-refractivity contribution in [3.05, 3.63) is 29.8 Å². The number of benzene rings is 1. The van der Waals surface area contributed by atoms with Crippen LogP contribution in [0.2, 0.25) is 0 Å². The molecule has 0 aliphatic carbocycles. The van der Waals surface area contributed by atoms with E-state index in [1.165, 1.54) is 0 Å². The molecule has 0 saturated carbocycles. The third-order valence-electron chi connectivity index (χ3n) is 1.82. The zero-order chi connectivity index (χ0) is 12.7. The number of aryl methyl sites for hydroxylation is 1. The van der Waals surface area contributed by atoms with E-state index in [4.69, 9.17) is 10.5 Å². The number of carbonyl (C=O) groups is 2. The first-order valence-corrected chi connectivity index (χ1v) is 5.02. The van der Waals surface area contributed by atoms with Gasteiger partial charge in [-0.05, 0) is 24.6 Å². The monoisotopic (exact) mass is 238 g/mol. The van der Waals surface area contributed by atoms with Gasteiger partial charge in [0.2, 0.25) is 0 Å². The van der Waals surface area contributed by atoms with Gasteiger partial charge in [-0.15, -0.1) is 0 Å². The number of rotatable bonds is 4. The van der Waals surface area contributed by atoms with Gasteiger partial charge in [-0.3, -0.25) is 0 Å². The van der Waals surface area contributed by atoms with Crippen molar-refractivity contribution in [2.45, 2.75) is 6.92 Å². The summed E-state index contributed by atoms with van der Waals surface area (Å²) < 4.78 is 9.41. The minimum atomic E-state index is -0.876. The molecule has 0 atom stereocenters. The summed E-state index contributed by atoms with van der Waals surface area (Å²) in [7, 11) is 0. The summed E-state index contributed by atoms with van der Waals surface area (Å²) in [6.07, 6.45) is -1.48. The molecule has 0 saturated heterocycles. The smallest absolute Gasteiger partial charge is 0.412 e. The van der Waals surface area contributed by atoms with Crippen molar-refractivity contribution in [2.75, 3.05) is 13.2 Å². The third kappa shape index (κ3) is 5.41. The summed E-state index contributed by atoms with van der Waals surface area (Å²) in [5, 5.41) is 2.41. The molecule has 2 amide bonds. The molecule has 0 aliphatic rings. The maximum absolute atomic E-state index is 11.3. The fourth-order valence-corrected chi connectivity index (χ4v) is 1.13. The normalized spacial score (nSPS) is 9.47. The lowest BCUT2D eigenvalue weighted by Gasteiger charge is -2.06. The molecule has 6 heteroatoms. The van der Waals surface area contributed by atoms with Crippen LogP contribution in [-0.2, 0) is 4.74 Å². The topological polar surface area (TPSA) is 90.7 Å². The Hall–Kier alpha value is -2.24. The van der Waals surface area contributed by atoms with Crippen LogP contribution in [0.25, 0.3) is 0 Å². The second-order valence-electron chi connectivity index (χ2n) is 3.30. The lowest BCUT2D eigenvalue weighted by molar-refractivity contribution is 0.154. The fourth-order valence-electron chi connectivity index (χ4n) is 1.13. The Morgan fingerprint density at radius 2 is 2.18 bits per heavy atom. The van der Waals surface area contributed by atoms with E-state index in [0.717, 1.165) is 5.56 Å². The molecule has 3 N–H and O–H groups in total. The molecule has 0 fully saturated rings. The largest absolute Gasteiger partial charge is 0.448 e. The van der Waals surface area contributed by atoms with Crippen LogP contribution >= 0.6 is 0 Å². The fraction of sp³-hybridized carbons (Fsp3) is 0.273. The van der Waals surface area contributed by atoms with Crippen LogP contribution in [0, 0.1) is 6.92 Å². The Balaban J connectivity index is 2.27. The van der Waals surface area contributed by atoms with Crippen LogP contribution in [0.4, 0.5) is 9.59 Å². The highest BCUT2D eigenvalue weighted by Gasteiger charge is 2.03. The van der Waals surface area contributed by atoms with Gasteiger partial charge in [0, 0.05) is 0 Å². The first kappa shape index (κ1) is 12.8. The highest BCUT2D eigenvalue weighted by Crippen LogP contribution is 2.12. The van der Waals surface area contributed by atoms with Gasteiger partial charge in [-0.25, -0.2) is 9.59 Å². The number of nitrogens with one attached hydrogen (secondary N) is 1. The Morgan fingerprint density at radius 1 is 1.41 bits per heavy atom. The molecule has 0 aromatic heterocycles. The number of hydrogen-bond donors (Lipinski definition) is 2. The van der Waals surface area contributed by atoms with Crippen molar-refractivity contribution in [1.82, 2.24) is 5.32 Å². The van der Waals surface area contributed by atoms with Crippen LogP contribution in [0.3, 0.4) is 0 Å². The molecular formula is C11H14N2O4. The molecule has 0 spiro atoms. The molecule has 1 aromatic carbocycles. The lowest BCUT2D eigenvalue weighted by Crippen LogP contribution is -2.31. The summed E-state index contributed by atoms with van der Waals surface area (Å²) in [5.41, 5.74) is 5.74. The SMILES string of the molecule is Cc1cccc(OC(=O)NCCOC(N)=O)c1. The van der Waals surface area contributed by atoms with Crippen molar-refractivity contribution >= 4 is 12.2 Å². The maximum atomic E-state index is 11.3. The Kier molecular flexibility index (Phi) is 4.80. The van der Waals surface area contributed by atoms with Gasteiger partial charge in [-0.2, -0.15) is 0 Å². The molecule has 92 valence electrons. The van der Waals surface area contributed by atoms with Crippen molar-refractivity contribution in [3.8, 4) is 5.75 Å². The predicted octanol–water partition coefficient (Wildman–Crippen LogP) is 1.18. The van der Waals surface area contributed by atoms with Crippen LogP contribution in [0.1, 0.15) is 5.56 Å². The van der Waals surface area contributed by atoms with E-state index in [2.05, 4.69) is 10.1 Å². The Morgan fingerprint density at radius 3 is 2.82 bits per heavy atom. The number of carbonyl (C=O) groups excluding carboxylic acids is 2. The first-order valence-electron chi connectivity index (χ1n) is 5.02. The summed E-state index contributed by atoms with van der Waals surface area (Å²) in [6, 6.07) is 7.09. The van der Waals surface area contributed by atoms with E-state index in [9.17, 15) is 9.59 Å². The number of amides is 2. The summed E-state index contributed by atoms with van der Waals surface area (Å²) >= 11 is 0. The lowest BCUT2D eigenvalue weighted by atomic mass is 10.2. The molecular weight excluding hydrogens is 224 g/mol. The van der Waals surface area contributed by atoms with Gasteiger partial charge in [0.15, 0.2) is 0 Å². The van der Waals surface area contributed by atoms with E-state index in [0.29, 0.717) is 5.75 Å². The predicted molar refractivity (Wildman–Crippen MR) is 60.7 cm³/mol. The van der Waals surface area contributed by atoms with E-state index >= 15 is 0 Å². The van der Waals surface area contributed by atoms with E-state index in [-0.39, 0.29) is 13.2 Å². The molecule has 17 heavy (non-hydrogen) atoms. The molecule has 1 rings (SSSR count). The van der Waals surface area contributed by atoms with E-state index < -0.39 is 12.2 Å². The van der Waals surface area contributed by atoms with Gasteiger partial charge >= 0.3 is 12.2 Å². The van der Waals surface area contributed by atoms with Gasteiger partial charge in [0.1, 0.15) is 12.4 Å². The molecule has 0 unspecified atom stereocenters. The van der Waals surface area contributed by atoms with Gasteiger partial charge < -0.3 is 20.5 Å². The number of ether oxygens (including phenoxy) is 2. The zero-order valence-electron chi connectivity index (χ0n) is 9.43. The van der Waals surface area contributed by atoms with E-state index in [1.807, 2.05) is 13.0 Å². The van der Waals surface area contributed by atoms with Gasteiger partial charge in [0.25, 0.3) is 0 Å². The average molecular weight is 238 g/mol. The molecule has 0 aliphatic heterocycles. The third-order valence-corrected chi connectivity index (χ3v) is 1.82. The van der Waals surface area contributed by atoms with Crippen molar-refractivity contribution in [3.63, 3.8) is 0 Å². The van der Waals surface area contributed by atoms with Gasteiger partial charge in [-0.1, -0.05) is 12.1 Å². The molecule has 0 radical (unpaired) electrons. The molecule has 0 heterocycles. The van der Waals surface area contributed by atoms with E-state index in [1.54, 1.807) is 18.2 Å². The summed E-state index contributed by atoms with van der Waals surface area (Å²) in [6.45, 7) is 2.05. The Bertz CT molecular complexity index is 406. The second-order valence-corrected chi connectivity index (χ2v) is 3.30. The number of hydrogen-bond acceptors (Lipinski definition) is 4. The zero-order valence-corrected chi connectivity index (χ0v) is 9.43. The molecule has 0 bridgehead atoms. The van der Waals surface area contributed by atoms with Crippen LogP contribution < -0.4 is 15.8 Å². The standard InChI is InChI=1S/C11H14N2O4/c1-8-3-2-4-9(7-8)17-11(15)13-5-6-16-10(12)14/h2-4,7H,5-6H2,1H3,(H2,12,14)(H,13,15). The van der Waals surface area contributed by atoms with Crippen molar-refractivity contribution < 1.29 is 19.1 Å². The first-order chi connectivity index (χ1) is 8.08. The summed E-state index contributed by atoms with van der Waals surface area (Å²) in [5.74, 6) is 0.457. The van der Waals surface area contributed by atoms with Gasteiger partial charge in [0.05, 0.1) is 6.54 Å². The van der Waals surface area contributed by atoms with Crippen LogP contribution in [-0.4, -0.2) is 25.3 Å². The number of nitrogens with two attached hydrogens (primary N) is 1. The maximum Gasteiger partial charge on any atom is 0.412 e. The minimum Gasteiger partial charge on any atom is -0.448 e. The van der Waals surface area contributed by atoms with Crippen LogP contribution in [0.15, 0.2) is 24.3 Å². The highest BCUT2D eigenvalue weighted by atomic mass is 16.6. The molecule has 6 nitrogen and oxygen atoms in total. The van der Waals surface area contributed by atoms with Crippen LogP contribution in [0.5, 0.6) is 5.75 Å². The van der Waals surface area contributed by atoms with Crippen molar-refractivity contribution in [2.24, 2.45) is 5.73 Å².